The van der Waals surface area contributed by atoms with Gasteiger partial charge in [-0.15, -0.1) is 0 Å². The number of halogens is 2. The summed E-state index contributed by atoms with van der Waals surface area (Å²) in [5.41, 5.74) is 0.818. The van der Waals surface area contributed by atoms with Crippen molar-refractivity contribution in [3.63, 3.8) is 0 Å². The molecule has 3 aromatic heterocycles. The second-order valence-electron chi connectivity index (χ2n) is 7.23. The number of H-pyrrole nitrogens is 1. The number of pyridine rings is 2. The van der Waals surface area contributed by atoms with Crippen LogP contribution in [0.4, 0.5) is 20.3 Å². The molecule has 0 saturated heterocycles. The third-order valence-electron chi connectivity index (χ3n) is 4.56. The molecular formula is C22H19F2N5O2. The van der Waals surface area contributed by atoms with Crippen molar-refractivity contribution in [2.75, 3.05) is 5.32 Å². The zero-order valence-electron chi connectivity index (χ0n) is 16.7. The molecule has 0 atom stereocenters. The summed E-state index contributed by atoms with van der Waals surface area (Å²) in [6.45, 7) is 3.71. The van der Waals surface area contributed by atoms with E-state index in [-0.39, 0.29) is 29.1 Å². The Hall–Kier alpha value is -4.01. The average Bonchev–Trinajstić information content (AvgIpc) is 3.09. The number of aromatic nitrogens is 3. The summed E-state index contributed by atoms with van der Waals surface area (Å²) in [5, 5.41) is 16.3. The van der Waals surface area contributed by atoms with Crippen LogP contribution < -0.4 is 10.6 Å². The van der Waals surface area contributed by atoms with Crippen LogP contribution in [0.3, 0.4) is 0 Å². The number of rotatable bonds is 5. The molecule has 0 aliphatic heterocycles. The van der Waals surface area contributed by atoms with Crippen LogP contribution >= 0.6 is 0 Å². The molecule has 0 spiro atoms. The monoisotopic (exact) mass is 423 g/mol. The van der Waals surface area contributed by atoms with E-state index in [1.807, 2.05) is 13.8 Å². The summed E-state index contributed by atoms with van der Waals surface area (Å²) in [6.07, 6.45) is 2.84. The maximum Gasteiger partial charge on any atom is 0.253 e. The maximum atomic E-state index is 14.3. The molecular weight excluding hydrogens is 404 g/mol. The molecule has 158 valence electrons. The van der Waals surface area contributed by atoms with Gasteiger partial charge in [-0.3, -0.25) is 4.79 Å². The van der Waals surface area contributed by atoms with Crippen LogP contribution in [0.2, 0.25) is 0 Å². The van der Waals surface area contributed by atoms with Gasteiger partial charge in [0.2, 0.25) is 0 Å². The minimum Gasteiger partial charge on any atom is -0.494 e. The number of nitrogens with one attached hydrogen (secondary N) is 3. The summed E-state index contributed by atoms with van der Waals surface area (Å²) in [5.74, 6) is -1.54. The first-order valence-corrected chi connectivity index (χ1v) is 9.53. The SMILES string of the molecule is CC(C)NC(=O)c1ccc(Nc2cc(-c3c(F)cccc3F)nc3c[nH]c(O)c23)nc1. The predicted octanol–water partition coefficient (Wildman–Crippen LogP) is 4.49. The van der Waals surface area contributed by atoms with Gasteiger partial charge in [-0.1, -0.05) is 6.07 Å². The molecule has 0 bridgehead atoms. The Balaban J connectivity index is 1.74. The number of benzene rings is 1. The molecule has 0 unspecified atom stereocenters. The molecule has 1 amide bonds. The Morgan fingerprint density at radius 2 is 1.90 bits per heavy atom. The fourth-order valence-corrected chi connectivity index (χ4v) is 3.18. The number of carbonyl (C=O) groups excluding carboxylic acids is 1. The van der Waals surface area contributed by atoms with E-state index in [1.54, 1.807) is 12.1 Å². The van der Waals surface area contributed by atoms with Crippen molar-refractivity contribution in [3.8, 4) is 17.1 Å². The van der Waals surface area contributed by atoms with Crippen molar-refractivity contribution in [2.45, 2.75) is 19.9 Å². The van der Waals surface area contributed by atoms with Gasteiger partial charge < -0.3 is 20.7 Å². The van der Waals surface area contributed by atoms with Crippen LogP contribution in [0, 0.1) is 11.6 Å². The molecule has 0 saturated carbocycles. The van der Waals surface area contributed by atoms with Gasteiger partial charge in [-0.25, -0.2) is 18.7 Å². The second kappa shape index (κ2) is 8.02. The standard InChI is InChI=1S/C22H19F2N5O2/c1-11(2)27-21(30)12-6-7-18(25-9-12)29-16-8-15(19-13(23)4-3-5-14(19)24)28-17-10-26-22(31)20(16)17/h3-11,26,31H,1-2H3,(H,25,29)(H,27,30). The van der Waals surface area contributed by atoms with Gasteiger partial charge in [-0.2, -0.15) is 0 Å². The molecule has 31 heavy (non-hydrogen) atoms. The largest absolute Gasteiger partial charge is 0.494 e. The maximum absolute atomic E-state index is 14.3. The molecule has 3 heterocycles. The molecule has 0 aliphatic carbocycles. The number of nitrogens with zero attached hydrogens (tertiary/aromatic N) is 2. The molecule has 0 radical (unpaired) electrons. The van der Waals surface area contributed by atoms with Crippen LogP contribution in [0.5, 0.6) is 5.88 Å². The minimum atomic E-state index is -0.754. The number of hydrogen-bond donors (Lipinski definition) is 4. The summed E-state index contributed by atoms with van der Waals surface area (Å²) in [7, 11) is 0. The lowest BCUT2D eigenvalue weighted by Gasteiger charge is -2.12. The summed E-state index contributed by atoms with van der Waals surface area (Å²) in [6, 6.07) is 8.18. The second-order valence-corrected chi connectivity index (χ2v) is 7.23. The molecule has 0 fully saturated rings. The van der Waals surface area contributed by atoms with Gasteiger partial charge in [0, 0.05) is 18.4 Å². The Kier molecular flexibility index (Phi) is 5.24. The number of amides is 1. The van der Waals surface area contributed by atoms with Crippen molar-refractivity contribution in [2.24, 2.45) is 0 Å². The third-order valence-corrected chi connectivity index (χ3v) is 4.56. The van der Waals surface area contributed by atoms with Crippen LogP contribution in [-0.4, -0.2) is 32.0 Å². The van der Waals surface area contributed by atoms with Gasteiger partial charge in [0.15, 0.2) is 5.88 Å². The molecule has 0 aliphatic rings. The highest BCUT2D eigenvalue weighted by Gasteiger charge is 2.18. The Morgan fingerprint density at radius 1 is 1.16 bits per heavy atom. The van der Waals surface area contributed by atoms with Crippen LogP contribution in [0.25, 0.3) is 22.2 Å². The van der Waals surface area contributed by atoms with Crippen molar-refractivity contribution >= 4 is 28.3 Å². The van der Waals surface area contributed by atoms with E-state index >= 15 is 0 Å². The normalized spacial score (nSPS) is 11.1. The van der Waals surface area contributed by atoms with Crippen LogP contribution in [0.1, 0.15) is 24.2 Å². The van der Waals surface area contributed by atoms with Crippen molar-refractivity contribution < 1.29 is 18.7 Å². The van der Waals surface area contributed by atoms with E-state index in [0.29, 0.717) is 28.0 Å². The number of anilines is 2. The smallest absolute Gasteiger partial charge is 0.253 e. The zero-order valence-corrected chi connectivity index (χ0v) is 16.7. The number of aromatic amines is 1. The lowest BCUT2D eigenvalue weighted by atomic mass is 10.1. The fourth-order valence-electron chi connectivity index (χ4n) is 3.18. The fraction of sp³-hybridized carbons (Fsp3) is 0.136. The number of fused-ring (bicyclic) bond motifs is 1. The average molecular weight is 423 g/mol. The van der Waals surface area contributed by atoms with E-state index in [4.69, 9.17) is 0 Å². The summed E-state index contributed by atoms with van der Waals surface area (Å²) >= 11 is 0. The van der Waals surface area contributed by atoms with Crippen molar-refractivity contribution in [1.82, 2.24) is 20.3 Å². The molecule has 4 rings (SSSR count). The van der Waals surface area contributed by atoms with Gasteiger partial charge >= 0.3 is 0 Å². The molecule has 7 nitrogen and oxygen atoms in total. The van der Waals surface area contributed by atoms with Crippen molar-refractivity contribution in [3.05, 3.63) is 66.0 Å². The molecule has 9 heteroatoms. The molecule has 1 aromatic carbocycles. The van der Waals surface area contributed by atoms with Gasteiger partial charge in [0.05, 0.1) is 33.4 Å². The highest BCUT2D eigenvalue weighted by molar-refractivity contribution is 5.99. The van der Waals surface area contributed by atoms with Crippen molar-refractivity contribution in [1.29, 1.82) is 0 Å². The number of hydrogen-bond acceptors (Lipinski definition) is 5. The van der Waals surface area contributed by atoms with E-state index < -0.39 is 11.6 Å². The first-order chi connectivity index (χ1) is 14.8. The third kappa shape index (κ3) is 4.02. The van der Waals surface area contributed by atoms with E-state index in [1.165, 1.54) is 24.5 Å². The van der Waals surface area contributed by atoms with Crippen LogP contribution in [-0.2, 0) is 0 Å². The summed E-state index contributed by atoms with van der Waals surface area (Å²) in [4.78, 5) is 23.2. The molecule has 4 N–H and O–H groups in total. The molecule has 4 aromatic rings. The summed E-state index contributed by atoms with van der Waals surface area (Å²) < 4.78 is 28.6. The predicted molar refractivity (Wildman–Crippen MR) is 113 cm³/mol. The van der Waals surface area contributed by atoms with E-state index in [0.717, 1.165) is 12.1 Å². The zero-order chi connectivity index (χ0) is 22.1. The Bertz CT molecular complexity index is 1250. The highest BCUT2D eigenvalue weighted by Crippen LogP contribution is 2.36. The van der Waals surface area contributed by atoms with Gasteiger partial charge in [0.1, 0.15) is 17.5 Å². The van der Waals surface area contributed by atoms with Crippen LogP contribution in [0.15, 0.2) is 48.8 Å². The minimum absolute atomic E-state index is 0.0100. The Labute approximate surface area is 176 Å². The first-order valence-electron chi connectivity index (χ1n) is 9.53. The van der Waals surface area contributed by atoms with E-state index in [9.17, 15) is 18.7 Å². The Morgan fingerprint density at radius 3 is 2.55 bits per heavy atom. The van der Waals surface area contributed by atoms with Gasteiger partial charge in [-0.05, 0) is 44.2 Å². The van der Waals surface area contributed by atoms with Gasteiger partial charge in [0.25, 0.3) is 5.91 Å². The topological polar surface area (TPSA) is 103 Å². The lowest BCUT2D eigenvalue weighted by Crippen LogP contribution is -2.30. The quantitative estimate of drug-likeness (QED) is 0.379. The lowest BCUT2D eigenvalue weighted by molar-refractivity contribution is 0.0943. The highest BCUT2D eigenvalue weighted by atomic mass is 19.1. The first kappa shape index (κ1) is 20.3. The number of aromatic hydroxyl groups is 1. The van der Waals surface area contributed by atoms with E-state index in [2.05, 4.69) is 25.6 Å². The number of carbonyl (C=O) groups is 1.